The molecule has 0 spiro atoms. The van der Waals surface area contributed by atoms with Crippen LogP contribution in [-0.2, 0) is 11.2 Å². The van der Waals surface area contributed by atoms with E-state index in [1.165, 1.54) is 31.3 Å². The standard InChI is InChI=1S/C20H28N2O3/c1-22(2)10-5-11-25-19(14-6-3-4-7-14)15-12-17-16(20(23)24)8-9-21-18(17)13-15/h8-9,13-14,19H,3-7,10-12H2,1-2H3,(H,23,24). The number of aromatic carboxylic acids is 1. The van der Waals surface area contributed by atoms with Crippen LogP contribution in [0.5, 0.6) is 0 Å². The molecule has 0 saturated heterocycles. The highest BCUT2D eigenvalue weighted by Gasteiger charge is 2.32. The van der Waals surface area contributed by atoms with Crippen LogP contribution < -0.4 is 0 Å². The van der Waals surface area contributed by atoms with Gasteiger partial charge in [0.2, 0.25) is 0 Å². The lowest BCUT2D eigenvalue weighted by atomic mass is 9.92. The van der Waals surface area contributed by atoms with Crippen molar-refractivity contribution in [2.75, 3.05) is 27.2 Å². The zero-order valence-electron chi connectivity index (χ0n) is 15.2. The van der Waals surface area contributed by atoms with Crippen LogP contribution in [0.4, 0.5) is 0 Å². The van der Waals surface area contributed by atoms with Crippen molar-refractivity contribution in [3.8, 4) is 0 Å². The fourth-order valence-electron chi connectivity index (χ4n) is 4.03. The first-order valence-corrected chi connectivity index (χ1v) is 9.24. The molecule has 1 atom stereocenters. The molecule has 3 rings (SSSR count). The molecule has 2 aliphatic carbocycles. The predicted octanol–water partition coefficient (Wildman–Crippen LogP) is 3.25. The molecule has 25 heavy (non-hydrogen) atoms. The molecule has 0 radical (unpaired) electrons. The van der Waals surface area contributed by atoms with Crippen molar-refractivity contribution in [2.45, 2.75) is 44.6 Å². The second-order valence-electron chi connectivity index (χ2n) is 7.42. The number of carboxylic acid groups (broad SMARTS) is 1. The summed E-state index contributed by atoms with van der Waals surface area (Å²) in [7, 11) is 4.15. The summed E-state index contributed by atoms with van der Waals surface area (Å²) >= 11 is 0. The second-order valence-corrected chi connectivity index (χ2v) is 7.42. The minimum Gasteiger partial charge on any atom is -0.478 e. The lowest BCUT2D eigenvalue weighted by molar-refractivity contribution is 0.0343. The predicted molar refractivity (Wildman–Crippen MR) is 97.7 cm³/mol. The molecular formula is C20H28N2O3. The summed E-state index contributed by atoms with van der Waals surface area (Å²) in [6, 6.07) is 1.60. The van der Waals surface area contributed by atoms with Gasteiger partial charge in [-0.15, -0.1) is 0 Å². The van der Waals surface area contributed by atoms with Crippen molar-refractivity contribution in [1.82, 2.24) is 9.88 Å². The molecule has 136 valence electrons. The molecule has 0 bridgehead atoms. The Morgan fingerprint density at radius 2 is 2.16 bits per heavy atom. The van der Waals surface area contributed by atoms with Gasteiger partial charge in [0, 0.05) is 12.8 Å². The summed E-state index contributed by atoms with van der Waals surface area (Å²) in [5.41, 5.74) is 3.21. The maximum atomic E-state index is 11.5. The SMILES string of the molecule is CN(C)CCCOC(C1=Cc2nccc(C(=O)O)c2C1)C1CCCC1. The normalized spacial score (nSPS) is 18.4. The molecule has 1 aromatic heterocycles. The van der Waals surface area contributed by atoms with Gasteiger partial charge in [-0.05, 0) is 75.5 Å². The van der Waals surface area contributed by atoms with Crippen LogP contribution in [0.1, 0.15) is 53.7 Å². The Bertz CT molecular complexity index is 648. The molecule has 1 heterocycles. The van der Waals surface area contributed by atoms with Crippen LogP contribution in [0.2, 0.25) is 0 Å². The number of carboxylic acids is 1. The maximum absolute atomic E-state index is 11.5. The summed E-state index contributed by atoms with van der Waals surface area (Å²) in [5, 5.41) is 9.42. The third-order valence-electron chi connectivity index (χ3n) is 5.26. The zero-order chi connectivity index (χ0) is 17.8. The first kappa shape index (κ1) is 18.1. The molecule has 0 aliphatic heterocycles. The fraction of sp³-hybridized carbons (Fsp3) is 0.600. The van der Waals surface area contributed by atoms with E-state index in [1.54, 1.807) is 12.3 Å². The number of fused-ring (bicyclic) bond motifs is 1. The van der Waals surface area contributed by atoms with Gasteiger partial charge in [-0.1, -0.05) is 12.8 Å². The number of ether oxygens (including phenoxy) is 1. The van der Waals surface area contributed by atoms with Crippen LogP contribution in [0.3, 0.4) is 0 Å². The monoisotopic (exact) mass is 344 g/mol. The van der Waals surface area contributed by atoms with E-state index in [-0.39, 0.29) is 6.10 Å². The van der Waals surface area contributed by atoms with Crippen LogP contribution in [0.15, 0.2) is 17.8 Å². The Hall–Kier alpha value is -1.72. The van der Waals surface area contributed by atoms with E-state index in [9.17, 15) is 9.90 Å². The van der Waals surface area contributed by atoms with E-state index in [0.717, 1.165) is 30.8 Å². The van der Waals surface area contributed by atoms with E-state index in [4.69, 9.17) is 4.74 Å². The Kier molecular flexibility index (Phi) is 5.86. The first-order chi connectivity index (χ1) is 12.1. The Labute approximate surface area is 149 Å². The van der Waals surface area contributed by atoms with Gasteiger partial charge in [-0.3, -0.25) is 4.98 Å². The van der Waals surface area contributed by atoms with Gasteiger partial charge in [-0.2, -0.15) is 0 Å². The van der Waals surface area contributed by atoms with Crippen molar-refractivity contribution in [2.24, 2.45) is 5.92 Å². The first-order valence-electron chi connectivity index (χ1n) is 9.24. The lowest BCUT2D eigenvalue weighted by Crippen LogP contribution is -2.26. The molecule has 1 unspecified atom stereocenters. The van der Waals surface area contributed by atoms with E-state index in [0.29, 0.717) is 17.9 Å². The number of pyridine rings is 1. The minimum atomic E-state index is -0.877. The van der Waals surface area contributed by atoms with Crippen molar-refractivity contribution >= 4 is 12.0 Å². The van der Waals surface area contributed by atoms with Crippen molar-refractivity contribution in [3.63, 3.8) is 0 Å². The zero-order valence-corrected chi connectivity index (χ0v) is 15.2. The smallest absolute Gasteiger partial charge is 0.336 e. The molecule has 1 N–H and O–H groups in total. The quantitative estimate of drug-likeness (QED) is 0.734. The van der Waals surface area contributed by atoms with Gasteiger partial charge in [-0.25, -0.2) is 4.79 Å². The van der Waals surface area contributed by atoms with Gasteiger partial charge in [0.1, 0.15) is 0 Å². The Morgan fingerprint density at radius 3 is 2.84 bits per heavy atom. The third-order valence-corrected chi connectivity index (χ3v) is 5.26. The highest BCUT2D eigenvalue weighted by molar-refractivity contribution is 5.91. The number of nitrogens with zero attached hydrogens (tertiary/aromatic N) is 2. The van der Waals surface area contributed by atoms with Crippen LogP contribution in [0, 0.1) is 5.92 Å². The summed E-state index contributed by atoms with van der Waals surface area (Å²) in [5.74, 6) is -0.328. The fourth-order valence-corrected chi connectivity index (χ4v) is 4.03. The topological polar surface area (TPSA) is 62.7 Å². The Balaban J connectivity index is 1.73. The number of hydrogen-bond acceptors (Lipinski definition) is 4. The van der Waals surface area contributed by atoms with Crippen molar-refractivity contribution in [3.05, 3.63) is 34.7 Å². The molecule has 1 aromatic rings. The second kappa shape index (κ2) is 8.11. The van der Waals surface area contributed by atoms with E-state index >= 15 is 0 Å². The summed E-state index contributed by atoms with van der Waals surface area (Å²) in [6.07, 6.45) is 10.3. The minimum absolute atomic E-state index is 0.0977. The molecule has 5 nitrogen and oxygen atoms in total. The number of aromatic nitrogens is 1. The lowest BCUT2D eigenvalue weighted by Gasteiger charge is -2.26. The molecule has 0 amide bonds. The van der Waals surface area contributed by atoms with Crippen LogP contribution in [0.25, 0.3) is 6.08 Å². The average molecular weight is 344 g/mol. The van der Waals surface area contributed by atoms with Crippen LogP contribution >= 0.6 is 0 Å². The van der Waals surface area contributed by atoms with Crippen LogP contribution in [-0.4, -0.2) is 54.3 Å². The molecule has 1 fully saturated rings. The van der Waals surface area contributed by atoms with Gasteiger partial charge in [0.25, 0.3) is 0 Å². The molecule has 5 heteroatoms. The van der Waals surface area contributed by atoms with Gasteiger partial charge in [0.05, 0.1) is 17.4 Å². The molecular weight excluding hydrogens is 316 g/mol. The summed E-state index contributed by atoms with van der Waals surface area (Å²) < 4.78 is 6.32. The van der Waals surface area contributed by atoms with E-state index in [1.807, 2.05) is 0 Å². The van der Waals surface area contributed by atoms with E-state index < -0.39 is 5.97 Å². The maximum Gasteiger partial charge on any atom is 0.336 e. The van der Waals surface area contributed by atoms with Gasteiger partial charge >= 0.3 is 5.97 Å². The van der Waals surface area contributed by atoms with E-state index in [2.05, 4.69) is 30.1 Å². The number of carbonyl (C=O) groups is 1. The summed E-state index contributed by atoms with van der Waals surface area (Å²) in [6.45, 7) is 1.76. The van der Waals surface area contributed by atoms with Crippen molar-refractivity contribution in [1.29, 1.82) is 0 Å². The molecule has 2 aliphatic rings. The highest BCUT2D eigenvalue weighted by atomic mass is 16.5. The highest BCUT2D eigenvalue weighted by Crippen LogP contribution is 2.37. The largest absolute Gasteiger partial charge is 0.478 e. The number of rotatable bonds is 8. The van der Waals surface area contributed by atoms with Crippen molar-refractivity contribution < 1.29 is 14.6 Å². The van der Waals surface area contributed by atoms with Gasteiger partial charge in [0.15, 0.2) is 0 Å². The Morgan fingerprint density at radius 1 is 1.40 bits per heavy atom. The summed E-state index contributed by atoms with van der Waals surface area (Å²) in [4.78, 5) is 18.0. The molecule has 0 aromatic carbocycles. The third kappa shape index (κ3) is 4.28. The molecule has 1 saturated carbocycles. The average Bonchev–Trinajstić information content (AvgIpc) is 3.23. The van der Waals surface area contributed by atoms with Gasteiger partial charge < -0.3 is 14.7 Å². The number of hydrogen-bond donors (Lipinski definition) is 1.